The van der Waals surface area contributed by atoms with Gasteiger partial charge in [-0.2, -0.15) is 0 Å². The van der Waals surface area contributed by atoms with E-state index in [4.69, 9.17) is 0 Å². The molecule has 1 fully saturated rings. The van der Waals surface area contributed by atoms with Crippen molar-refractivity contribution in [1.29, 1.82) is 0 Å². The number of aryl methyl sites for hydroxylation is 2. The Hall–Kier alpha value is -1.92. The van der Waals surface area contributed by atoms with E-state index >= 15 is 0 Å². The molecule has 2 aromatic heterocycles. The Morgan fingerprint density at radius 3 is 2.92 bits per heavy atom. The zero-order valence-electron chi connectivity index (χ0n) is 13.5. The number of aromatic nitrogens is 5. The quantitative estimate of drug-likeness (QED) is 0.776. The number of benzene rings is 1. The summed E-state index contributed by atoms with van der Waals surface area (Å²) in [5, 5.41) is 17.4. The van der Waals surface area contributed by atoms with Gasteiger partial charge < -0.3 is 9.88 Å². The molecule has 0 aliphatic carbocycles. The van der Waals surface area contributed by atoms with Crippen LogP contribution in [0.4, 0.5) is 0 Å². The molecule has 0 radical (unpaired) electrons. The van der Waals surface area contributed by atoms with E-state index in [1.54, 1.807) is 0 Å². The molecule has 5 rings (SSSR count). The van der Waals surface area contributed by atoms with Crippen molar-refractivity contribution in [3.05, 3.63) is 30.0 Å². The maximum absolute atomic E-state index is 4.38. The van der Waals surface area contributed by atoms with Crippen LogP contribution in [0.1, 0.15) is 30.9 Å². The summed E-state index contributed by atoms with van der Waals surface area (Å²) < 4.78 is 4.43. The summed E-state index contributed by atoms with van der Waals surface area (Å²) in [5.74, 6) is 0.916. The number of halogens is 1. The van der Waals surface area contributed by atoms with Crippen molar-refractivity contribution in [2.24, 2.45) is 0 Å². The molecular formula is C17H21ClN6. The van der Waals surface area contributed by atoms with Gasteiger partial charge in [0, 0.05) is 23.7 Å². The Morgan fingerprint density at radius 2 is 2.04 bits per heavy atom. The fourth-order valence-corrected chi connectivity index (χ4v) is 4.10. The molecule has 24 heavy (non-hydrogen) atoms. The molecule has 0 spiro atoms. The standard InChI is InChI=1S/C17H20N6.ClH/c1-3-12-4-2-10-22-11-15(14(5-1)16(12)22)17-19-20-21-23(17)13-6-8-18-9-7-13;/h1,3,5,11,13,18H,2,4,6-10H2;1H. The predicted octanol–water partition coefficient (Wildman–Crippen LogP) is 2.59. The molecule has 4 heterocycles. The molecule has 126 valence electrons. The largest absolute Gasteiger partial charge is 0.346 e. The van der Waals surface area contributed by atoms with Crippen molar-refractivity contribution in [1.82, 2.24) is 30.1 Å². The van der Waals surface area contributed by atoms with Gasteiger partial charge in [-0.15, -0.1) is 17.5 Å². The smallest absolute Gasteiger partial charge is 0.184 e. The van der Waals surface area contributed by atoms with E-state index in [-0.39, 0.29) is 12.4 Å². The van der Waals surface area contributed by atoms with Gasteiger partial charge in [0.2, 0.25) is 0 Å². The van der Waals surface area contributed by atoms with Gasteiger partial charge in [-0.3, -0.25) is 0 Å². The van der Waals surface area contributed by atoms with Crippen LogP contribution in [-0.4, -0.2) is 37.9 Å². The first-order valence-electron chi connectivity index (χ1n) is 8.51. The number of rotatable bonds is 2. The highest BCUT2D eigenvalue weighted by molar-refractivity contribution is 5.96. The van der Waals surface area contributed by atoms with Gasteiger partial charge in [0.1, 0.15) is 0 Å². The van der Waals surface area contributed by atoms with Crippen LogP contribution in [0.15, 0.2) is 24.4 Å². The Bertz CT molecular complexity index is 861. The summed E-state index contributed by atoms with van der Waals surface area (Å²) in [4.78, 5) is 0. The molecule has 1 saturated heterocycles. The van der Waals surface area contributed by atoms with Gasteiger partial charge in [-0.1, -0.05) is 18.2 Å². The van der Waals surface area contributed by atoms with Crippen LogP contribution in [0.25, 0.3) is 22.3 Å². The van der Waals surface area contributed by atoms with E-state index in [1.165, 1.54) is 34.9 Å². The molecule has 7 heteroatoms. The summed E-state index contributed by atoms with van der Waals surface area (Å²) in [6.07, 6.45) is 6.79. The maximum Gasteiger partial charge on any atom is 0.184 e. The van der Waals surface area contributed by atoms with E-state index in [0.29, 0.717) is 6.04 Å². The van der Waals surface area contributed by atoms with Gasteiger partial charge in [-0.25, -0.2) is 4.68 Å². The van der Waals surface area contributed by atoms with Gasteiger partial charge in [0.05, 0.1) is 11.6 Å². The van der Waals surface area contributed by atoms with Crippen molar-refractivity contribution in [3.63, 3.8) is 0 Å². The van der Waals surface area contributed by atoms with E-state index < -0.39 is 0 Å². The second-order valence-electron chi connectivity index (χ2n) is 6.58. The van der Waals surface area contributed by atoms with Crippen LogP contribution < -0.4 is 5.32 Å². The second kappa shape index (κ2) is 6.18. The second-order valence-corrected chi connectivity index (χ2v) is 6.58. The van der Waals surface area contributed by atoms with Crippen LogP contribution in [0.2, 0.25) is 0 Å². The molecular weight excluding hydrogens is 324 g/mol. The van der Waals surface area contributed by atoms with Crippen LogP contribution in [0.5, 0.6) is 0 Å². The van der Waals surface area contributed by atoms with Crippen LogP contribution in [-0.2, 0) is 13.0 Å². The number of piperidine rings is 1. The van der Waals surface area contributed by atoms with Gasteiger partial charge in [0.15, 0.2) is 5.82 Å². The highest BCUT2D eigenvalue weighted by Crippen LogP contribution is 2.35. The highest BCUT2D eigenvalue weighted by atomic mass is 35.5. The monoisotopic (exact) mass is 344 g/mol. The number of hydrogen-bond donors (Lipinski definition) is 1. The van der Waals surface area contributed by atoms with Crippen molar-refractivity contribution in [3.8, 4) is 11.4 Å². The Labute approximate surface area is 146 Å². The number of tetrazole rings is 1. The summed E-state index contributed by atoms with van der Waals surface area (Å²) in [7, 11) is 0. The normalized spacial score (nSPS) is 17.8. The Kier molecular flexibility index (Phi) is 4.02. The number of para-hydroxylation sites is 1. The molecule has 1 aromatic carbocycles. The molecule has 1 N–H and O–H groups in total. The minimum atomic E-state index is 0. The number of nitrogens with zero attached hydrogens (tertiary/aromatic N) is 5. The average molecular weight is 345 g/mol. The van der Waals surface area contributed by atoms with E-state index in [9.17, 15) is 0 Å². The van der Waals surface area contributed by atoms with Crippen molar-refractivity contribution < 1.29 is 0 Å². The first-order valence-corrected chi connectivity index (χ1v) is 8.51. The van der Waals surface area contributed by atoms with E-state index in [2.05, 4.69) is 49.8 Å². The van der Waals surface area contributed by atoms with E-state index in [1.807, 2.05) is 4.68 Å². The number of nitrogens with one attached hydrogen (secondary N) is 1. The molecule has 0 amide bonds. The lowest BCUT2D eigenvalue weighted by Gasteiger charge is -2.23. The minimum absolute atomic E-state index is 0. The van der Waals surface area contributed by atoms with Crippen molar-refractivity contribution >= 4 is 23.3 Å². The Balaban J connectivity index is 0.00000146. The molecule has 2 aliphatic heterocycles. The number of hydrogen-bond acceptors (Lipinski definition) is 4. The SMILES string of the molecule is Cl.c1cc2c3c(c1)c(-c1nnnn1C1CCNCC1)cn3CCC2. The topological polar surface area (TPSA) is 60.6 Å². The lowest BCUT2D eigenvalue weighted by Crippen LogP contribution is -2.30. The molecule has 2 aliphatic rings. The Morgan fingerprint density at radius 1 is 1.17 bits per heavy atom. The fourth-order valence-electron chi connectivity index (χ4n) is 4.10. The first-order chi connectivity index (χ1) is 11.4. The van der Waals surface area contributed by atoms with Gasteiger partial charge in [-0.05, 0) is 54.8 Å². The molecule has 6 nitrogen and oxygen atoms in total. The molecule has 0 saturated carbocycles. The third-order valence-electron chi connectivity index (χ3n) is 5.22. The third-order valence-corrected chi connectivity index (χ3v) is 5.22. The molecule has 3 aromatic rings. The zero-order chi connectivity index (χ0) is 15.2. The van der Waals surface area contributed by atoms with Crippen molar-refractivity contribution in [2.45, 2.75) is 38.3 Å². The van der Waals surface area contributed by atoms with Crippen LogP contribution in [0, 0.1) is 0 Å². The summed E-state index contributed by atoms with van der Waals surface area (Å²) >= 11 is 0. The lowest BCUT2D eigenvalue weighted by molar-refractivity contribution is 0.340. The zero-order valence-corrected chi connectivity index (χ0v) is 14.3. The van der Waals surface area contributed by atoms with Gasteiger partial charge >= 0.3 is 0 Å². The molecule has 0 bridgehead atoms. The summed E-state index contributed by atoms with van der Waals surface area (Å²) in [6.45, 7) is 3.16. The highest BCUT2D eigenvalue weighted by Gasteiger charge is 2.24. The van der Waals surface area contributed by atoms with Crippen molar-refractivity contribution in [2.75, 3.05) is 13.1 Å². The average Bonchev–Trinajstić information content (AvgIpc) is 3.22. The maximum atomic E-state index is 4.38. The lowest BCUT2D eigenvalue weighted by atomic mass is 10.0. The van der Waals surface area contributed by atoms with E-state index in [0.717, 1.165) is 38.3 Å². The van der Waals surface area contributed by atoms with Gasteiger partial charge in [0.25, 0.3) is 0 Å². The third kappa shape index (κ3) is 2.32. The summed E-state index contributed by atoms with van der Waals surface area (Å²) in [6, 6.07) is 7.01. The minimum Gasteiger partial charge on any atom is -0.346 e. The molecule has 0 atom stereocenters. The predicted molar refractivity (Wildman–Crippen MR) is 95.5 cm³/mol. The summed E-state index contributed by atoms with van der Waals surface area (Å²) in [5.41, 5.74) is 3.99. The van der Waals surface area contributed by atoms with Crippen LogP contribution in [0.3, 0.4) is 0 Å². The first kappa shape index (κ1) is 15.6. The van der Waals surface area contributed by atoms with Crippen LogP contribution >= 0.6 is 12.4 Å². The fraction of sp³-hybridized carbons (Fsp3) is 0.471. The molecule has 0 unspecified atom stereocenters.